The van der Waals surface area contributed by atoms with E-state index in [1.807, 2.05) is 0 Å². The molecule has 1 radical (unpaired) electrons. The summed E-state index contributed by atoms with van der Waals surface area (Å²) in [5, 5.41) is 0. The fraction of sp³-hybridized carbons (Fsp3) is 0.600. The van der Waals surface area contributed by atoms with Crippen molar-refractivity contribution in [1.82, 2.24) is 0 Å². The number of ketones is 2. The molecule has 0 N–H and O–H groups in total. The van der Waals surface area contributed by atoms with E-state index in [2.05, 4.69) is 0 Å². The summed E-state index contributed by atoms with van der Waals surface area (Å²) in [6.07, 6.45) is 0.0833. The van der Waals surface area contributed by atoms with E-state index in [9.17, 15) is 9.59 Å². The normalized spacial score (nSPS) is 7.25. The number of carbonyl (C=O) groups is 2. The molecule has 0 saturated carbocycles. The first-order valence-corrected chi connectivity index (χ1v) is 2.12. The largest absolute Gasteiger partial charge is 0.300 e. The first-order chi connectivity index (χ1) is 3.13. The topological polar surface area (TPSA) is 34.1 Å². The maximum absolute atomic E-state index is 10.0. The minimum absolute atomic E-state index is 0. The van der Waals surface area contributed by atoms with Crippen LogP contribution in [-0.4, -0.2) is 30.4 Å². The molecule has 0 aliphatic heterocycles. The van der Waals surface area contributed by atoms with Crippen LogP contribution < -0.4 is 0 Å². The van der Waals surface area contributed by atoms with E-state index in [0.717, 1.165) is 0 Å². The summed E-state index contributed by atoms with van der Waals surface area (Å²) in [7, 11) is 0. The first-order valence-electron chi connectivity index (χ1n) is 2.12. The van der Waals surface area contributed by atoms with Crippen LogP contribution in [0.1, 0.15) is 20.3 Å². The molecule has 0 aromatic rings. The molecule has 0 heterocycles. The van der Waals surface area contributed by atoms with Gasteiger partial charge in [0.2, 0.25) is 0 Å². The van der Waals surface area contributed by atoms with Crippen LogP contribution in [0.15, 0.2) is 0 Å². The van der Waals surface area contributed by atoms with Crippen molar-refractivity contribution in [3.05, 3.63) is 0 Å². The zero-order chi connectivity index (χ0) is 5.86. The summed E-state index contributed by atoms with van der Waals surface area (Å²) >= 11 is 0. The molecule has 0 amide bonds. The Balaban J connectivity index is 0. The summed E-state index contributed by atoms with van der Waals surface area (Å²) < 4.78 is 0. The standard InChI is InChI=1S/C5H8O2.Li/c1-4(6)3-5(2)7;/h3H2,1-2H3;. The van der Waals surface area contributed by atoms with E-state index in [1.54, 1.807) is 0 Å². The fourth-order valence-corrected chi connectivity index (χ4v) is 0.351. The summed E-state index contributed by atoms with van der Waals surface area (Å²) in [6.45, 7) is 2.81. The van der Waals surface area contributed by atoms with Crippen LogP contribution in [0, 0.1) is 0 Å². The molecule has 3 heteroatoms. The van der Waals surface area contributed by atoms with Crippen molar-refractivity contribution >= 4 is 30.4 Å². The van der Waals surface area contributed by atoms with Crippen molar-refractivity contribution in [1.29, 1.82) is 0 Å². The Morgan fingerprint density at radius 2 is 1.38 bits per heavy atom. The average molecular weight is 107 g/mol. The molecular formula is C5H8LiO2. The molecule has 0 aromatic heterocycles. The van der Waals surface area contributed by atoms with Gasteiger partial charge in [0, 0.05) is 18.9 Å². The quantitative estimate of drug-likeness (QED) is 0.372. The summed E-state index contributed by atoms with van der Waals surface area (Å²) in [6, 6.07) is 0. The molecule has 0 bridgehead atoms. The number of Topliss-reactive ketones (excluding diaryl/α,β-unsaturated/α-hetero) is 2. The minimum Gasteiger partial charge on any atom is -0.300 e. The Morgan fingerprint density at radius 1 is 1.12 bits per heavy atom. The number of rotatable bonds is 2. The molecule has 2 nitrogen and oxygen atoms in total. The van der Waals surface area contributed by atoms with Gasteiger partial charge in [-0.25, -0.2) is 0 Å². The van der Waals surface area contributed by atoms with Gasteiger partial charge < -0.3 is 0 Å². The Kier molecular flexibility index (Phi) is 6.88. The van der Waals surface area contributed by atoms with Crippen LogP contribution in [-0.2, 0) is 9.59 Å². The molecule has 0 fully saturated rings. The van der Waals surface area contributed by atoms with Crippen LogP contribution in [0.5, 0.6) is 0 Å². The molecule has 0 spiro atoms. The number of carbonyl (C=O) groups excluding carboxylic acids is 2. The molecule has 0 atom stereocenters. The third-order valence-electron chi connectivity index (χ3n) is 0.498. The van der Waals surface area contributed by atoms with Crippen molar-refractivity contribution in [3.8, 4) is 0 Å². The number of hydrogen-bond donors (Lipinski definition) is 0. The van der Waals surface area contributed by atoms with Crippen molar-refractivity contribution in [3.63, 3.8) is 0 Å². The average Bonchev–Trinajstić information content (AvgIpc) is 1.27. The second-order valence-electron chi connectivity index (χ2n) is 1.58. The SMILES string of the molecule is CC(=O)CC(C)=O.[Li]. The Morgan fingerprint density at radius 3 is 1.38 bits per heavy atom. The zero-order valence-electron chi connectivity index (χ0n) is 5.52. The summed E-state index contributed by atoms with van der Waals surface area (Å²) in [5.41, 5.74) is 0. The van der Waals surface area contributed by atoms with E-state index >= 15 is 0 Å². The maximum atomic E-state index is 10.0. The third kappa shape index (κ3) is 9.34. The van der Waals surface area contributed by atoms with Gasteiger partial charge in [0.15, 0.2) is 0 Å². The maximum Gasteiger partial charge on any atom is 0.137 e. The van der Waals surface area contributed by atoms with E-state index in [1.165, 1.54) is 13.8 Å². The van der Waals surface area contributed by atoms with Gasteiger partial charge in [0.1, 0.15) is 11.6 Å². The van der Waals surface area contributed by atoms with Gasteiger partial charge in [-0.15, -0.1) is 0 Å². The zero-order valence-corrected chi connectivity index (χ0v) is 5.52. The molecule has 41 valence electrons. The second-order valence-corrected chi connectivity index (χ2v) is 1.58. The van der Waals surface area contributed by atoms with Gasteiger partial charge in [0.25, 0.3) is 0 Å². The van der Waals surface area contributed by atoms with Crippen molar-refractivity contribution in [2.45, 2.75) is 20.3 Å². The molecule has 0 aromatic carbocycles. The van der Waals surface area contributed by atoms with Gasteiger partial charge in [-0.1, -0.05) is 0 Å². The van der Waals surface area contributed by atoms with Crippen LogP contribution in [0.3, 0.4) is 0 Å². The van der Waals surface area contributed by atoms with Crippen molar-refractivity contribution < 1.29 is 9.59 Å². The molecular weight excluding hydrogens is 99.0 g/mol. The van der Waals surface area contributed by atoms with E-state index in [-0.39, 0.29) is 36.8 Å². The Labute approximate surface area is 60.8 Å². The van der Waals surface area contributed by atoms with Crippen molar-refractivity contribution in [2.75, 3.05) is 0 Å². The van der Waals surface area contributed by atoms with Crippen LogP contribution in [0.2, 0.25) is 0 Å². The van der Waals surface area contributed by atoms with Crippen LogP contribution in [0.25, 0.3) is 0 Å². The fourth-order valence-electron chi connectivity index (χ4n) is 0.351. The Hall–Kier alpha value is -0.0626. The van der Waals surface area contributed by atoms with E-state index in [0.29, 0.717) is 0 Å². The molecule has 0 saturated heterocycles. The first kappa shape index (κ1) is 10.8. The third-order valence-corrected chi connectivity index (χ3v) is 0.498. The van der Waals surface area contributed by atoms with Gasteiger partial charge in [-0.3, -0.25) is 9.59 Å². The molecule has 0 unspecified atom stereocenters. The van der Waals surface area contributed by atoms with E-state index < -0.39 is 0 Å². The summed E-state index contributed by atoms with van der Waals surface area (Å²) in [4.78, 5) is 20.1. The number of hydrogen-bond acceptors (Lipinski definition) is 2. The smallest absolute Gasteiger partial charge is 0.137 e. The van der Waals surface area contributed by atoms with E-state index in [4.69, 9.17) is 0 Å². The molecule has 0 aliphatic carbocycles. The van der Waals surface area contributed by atoms with Crippen LogP contribution >= 0.6 is 0 Å². The van der Waals surface area contributed by atoms with Crippen LogP contribution in [0.4, 0.5) is 0 Å². The van der Waals surface area contributed by atoms with Gasteiger partial charge >= 0.3 is 0 Å². The molecule has 8 heavy (non-hydrogen) atoms. The molecule has 0 rings (SSSR count). The van der Waals surface area contributed by atoms with Gasteiger partial charge in [0.05, 0.1) is 6.42 Å². The second kappa shape index (κ2) is 5.08. The van der Waals surface area contributed by atoms with Gasteiger partial charge in [-0.2, -0.15) is 0 Å². The van der Waals surface area contributed by atoms with Crippen molar-refractivity contribution in [2.24, 2.45) is 0 Å². The monoisotopic (exact) mass is 107 g/mol. The predicted octanol–water partition coefficient (Wildman–Crippen LogP) is 0.174. The summed E-state index contributed by atoms with van der Waals surface area (Å²) in [5.74, 6) is -0.125. The van der Waals surface area contributed by atoms with Gasteiger partial charge in [-0.05, 0) is 13.8 Å². The Bertz CT molecular complexity index is 86.6. The molecule has 0 aliphatic rings. The predicted molar refractivity (Wildman–Crippen MR) is 31.7 cm³/mol. The minimum atomic E-state index is -0.0625.